The van der Waals surface area contributed by atoms with Gasteiger partial charge < -0.3 is 11.1 Å². The summed E-state index contributed by atoms with van der Waals surface area (Å²) in [5, 5.41) is 3.01. The average molecular weight is 294 g/mol. The van der Waals surface area contributed by atoms with Crippen molar-refractivity contribution in [1.29, 1.82) is 0 Å². The molecule has 0 saturated heterocycles. The SMILES string of the molecule is CC(C)CC(C)(CN)NC(=O)CC(C)c1ccccc1F. The smallest absolute Gasteiger partial charge is 0.221 e. The molecule has 21 heavy (non-hydrogen) atoms. The minimum Gasteiger partial charge on any atom is -0.350 e. The van der Waals surface area contributed by atoms with Gasteiger partial charge in [-0.1, -0.05) is 39.0 Å². The van der Waals surface area contributed by atoms with Crippen LogP contribution < -0.4 is 11.1 Å². The highest BCUT2D eigenvalue weighted by Gasteiger charge is 2.26. The van der Waals surface area contributed by atoms with Crippen LogP contribution in [-0.4, -0.2) is 18.0 Å². The molecule has 3 nitrogen and oxygen atoms in total. The van der Waals surface area contributed by atoms with E-state index < -0.39 is 5.54 Å². The van der Waals surface area contributed by atoms with Gasteiger partial charge in [0.05, 0.1) is 0 Å². The maximum absolute atomic E-state index is 13.7. The third kappa shape index (κ3) is 5.46. The molecule has 1 rings (SSSR count). The van der Waals surface area contributed by atoms with E-state index in [4.69, 9.17) is 5.73 Å². The second kappa shape index (κ2) is 7.55. The number of halogens is 1. The van der Waals surface area contributed by atoms with Gasteiger partial charge in [0, 0.05) is 18.5 Å². The van der Waals surface area contributed by atoms with Crippen LogP contribution in [0, 0.1) is 11.7 Å². The minimum absolute atomic E-state index is 0.0839. The van der Waals surface area contributed by atoms with E-state index in [1.165, 1.54) is 6.07 Å². The first-order chi connectivity index (χ1) is 9.77. The zero-order chi connectivity index (χ0) is 16.0. The number of carbonyl (C=O) groups excluding carboxylic acids is 1. The molecule has 1 aromatic rings. The molecule has 2 unspecified atom stereocenters. The molecule has 3 N–H and O–H groups in total. The number of nitrogens with one attached hydrogen (secondary N) is 1. The summed E-state index contributed by atoms with van der Waals surface area (Å²) in [4.78, 5) is 12.2. The highest BCUT2D eigenvalue weighted by Crippen LogP contribution is 2.23. The molecular weight excluding hydrogens is 267 g/mol. The van der Waals surface area contributed by atoms with Crippen molar-refractivity contribution in [1.82, 2.24) is 5.32 Å². The number of rotatable bonds is 7. The summed E-state index contributed by atoms with van der Waals surface area (Å²) < 4.78 is 13.7. The van der Waals surface area contributed by atoms with Gasteiger partial charge in [-0.2, -0.15) is 0 Å². The van der Waals surface area contributed by atoms with Gasteiger partial charge in [0.2, 0.25) is 5.91 Å². The summed E-state index contributed by atoms with van der Waals surface area (Å²) in [5.41, 5.74) is 5.97. The predicted molar refractivity (Wildman–Crippen MR) is 84.5 cm³/mol. The fourth-order valence-corrected chi connectivity index (χ4v) is 2.74. The van der Waals surface area contributed by atoms with Crippen molar-refractivity contribution in [2.75, 3.05) is 6.54 Å². The zero-order valence-electron chi connectivity index (χ0n) is 13.4. The normalized spacial score (nSPS) is 15.6. The second-order valence-corrected chi connectivity index (χ2v) is 6.54. The molecule has 0 aromatic heterocycles. The van der Waals surface area contributed by atoms with Crippen molar-refractivity contribution < 1.29 is 9.18 Å². The third-order valence-electron chi connectivity index (χ3n) is 3.68. The highest BCUT2D eigenvalue weighted by molar-refractivity contribution is 5.77. The summed E-state index contributed by atoms with van der Waals surface area (Å²) in [6, 6.07) is 6.59. The van der Waals surface area contributed by atoms with Gasteiger partial charge in [0.15, 0.2) is 0 Å². The molecule has 0 heterocycles. The molecule has 0 aliphatic rings. The van der Waals surface area contributed by atoms with Gasteiger partial charge in [0.1, 0.15) is 5.82 Å². The fraction of sp³-hybridized carbons (Fsp3) is 0.588. The first-order valence-electron chi connectivity index (χ1n) is 7.53. The molecule has 4 heteroatoms. The quantitative estimate of drug-likeness (QED) is 0.811. The van der Waals surface area contributed by atoms with E-state index in [2.05, 4.69) is 19.2 Å². The van der Waals surface area contributed by atoms with Crippen LogP contribution in [0.2, 0.25) is 0 Å². The lowest BCUT2D eigenvalue weighted by Crippen LogP contribution is -2.52. The maximum Gasteiger partial charge on any atom is 0.221 e. The van der Waals surface area contributed by atoms with E-state index in [1.807, 2.05) is 13.8 Å². The third-order valence-corrected chi connectivity index (χ3v) is 3.68. The Hall–Kier alpha value is -1.42. The summed E-state index contributed by atoms with van der Waals surface area (Å²) in [6.45, 7) is 8.41. The zero-order valence-corrected chi connectivity index (χ0v) is 13.4. The van der Waals surface area contributed by atoms with Crippen molar-refractivity contribution in [3.05, 3.63) is 35.6 Å². The van der Waals surface area contributed by atoms with E-state index in [0.717, 1.165) is 6.42 Å². The second-order valence-electron chi connectivity index (χ2n) is 6.54. The fourth-order valence-electron chi connectivity index (χ4n) is 2.74. The monoisotopic (exact) mass is 294 g/mol. The Labute approximate surface area is 127 Å². The standard InChI is InChI=1S/C17H27FN2O/c1-12(2)10-17(4,11-19)20-16(21)9-13(3)14-7-5-6-8-15(14)18/h5-8,12-13H,9-11,19H2,1-4H3,(H,20,21). The number of benzene rings is 1. The van der Waals surface area contributed by atoms with Crippen LogP contribution in [0.3, 0.4) is 0 Å². The number of carbonyl (C=O) groups is 1. The number of amides is 1. The molecule has 0 fully saturated rings. The molecule has 1 aromatic carbocycles. The van der Waals surface area contributed by atoms with Gasteiger partial charge >= 0.3 is 0 Å². The first kappa shape index (κ1) is 17.6. The highest BCUT2D eigenvalue weighted by atomic mass is 19.1. The van der Waals surface area contributed by atoms with Crippen molar-refractivity contribution in [2.24, 2.45) is 11.7 Å². The molecule has 0 radical (unpaired) electrons. The van der Waals surface area contributed by atoms with Crippen LogP contribution in [0.15, 0.2) is 24.3 Å². The number of hydrogen-bond donors (Lipinski definition) is 2. The van der Waals surface area contributed by atoms with Crippen molar-refractivity contribution in [3.8, 4) is 0 Å². The van der Waals surface area contributed by atoms with Gasteiger partial charge in [-0.3, -0.25) is 4.79 Å². The summed E-state index contributed by atoms with van der Waals surface area (Å²) in [7, 11) is 0. The molecule has 118 valence electrons. The van der Waals surface area contributed by atoms with Gasteiger partial charge in [-0.15, -0.1) is 0 Å². The van der Waals surface area contributed by atoms with Gasteiger partial charge in [-0.25, -0.2) is 4.39 Å². The molecule has 0 bridgehead atoms. The lowest BCUT2D eigenvalue weighted by molar-refractivity contribution is -0.123. The van der Waals surface area contributed by atoms with Gasteiger partial charge in [0.25, 0.3) is 0 Å². The molecule has 1 amide bonds. The van der Waals surface area contributed by atoms with Crippen LogP contribution >= 0.6 is 0 Å². The Morgan fingerprint density at radius 2 is 1.95 bits per heavy atom. The number of hydrogen-bond acceptors (Lipinski definition) is 2. The molecule has 0 saturated carbocycles. The molecule has 0 spiro atoms. The molecule has 0 aliphatic carbocycles. The Bertz CT molecular complexity index is 476. The Balaban J connectivity index is 2.66. The van der Waals surface area contributed by atoms with Crippen LogP contribution in [0.5, 0.6) is 0 Å². The molecule has 0 aliphatic heterocycles. The van der Waals surface area contributed by atoms with Crippen molar-refractivity contribution in [3.63, 3.8) is 0 Å². The van der Waals surface area contributed by atoms with Crippen molar-refractivity contribution >= 4 is 5.91 Å². The summed E-state index contributed by atoms with van der Waals surface area (Å²) in [6.07, 6.45) is 1.08. The lowest BCUT2D eigenvalue weighted by Gasteiger charge is -2.31. The maximum atomic E-state index is 13.7. The number of nitrogens with two attached hydrogens (primary N) is 1. The Morgan fingerprint density at radius 3 is 2.48 bits per heavy atom. The van der Waals surface area contributed by atoms with Crippen LogP contribution in [-0.2, 0) is 4.79 Å². The van der Waals surface area contributed by atoms with E-state index in [-0.39, 0.29) is 24.1 Å². The minimum atomic E-state index is -0.403. The summed E-state index contributed by atoms with van der Waals surface area (Å²) in [5.74, 6) is -0.0592. The lowest BCUT2D eigenvalue weighted by atomic mass is 9.90. The van der Waals surface area contributed by atoms with E-state index in [0.29, 0.717) is 18.0 Å². The Morgan fingerprint density at radius 1 is 1.33 bits per heavy atom. The van der Waals surface area contributed by atoms with Crippen molar-refractivity contribution in [2.45, 2.75) is 52.0 Å². The van der Waals surface area contributed by atoms with E-state index in [9.17, 15) is 9.18 Å². The van der Waals surface area contributed by atoms with Crippen LogP contribution in [0.1, 0.15) is 52.0 Å². The molecule has 2 atom stereocenters. The predicted octanol–water partition coefficient (Wildman–Crippen LogP) is 3.20. The van der Waals surface area contributed by atoms with Crippen LogP contribution in [0.4, 0.5) is 4.39 Å². The van der Waals surface area contributed by atoms with E-state index in [1.54, 1.807) is 18.2 Å². The average Bonchev–Trinajstić information content (AvgIpc) is 2.37. The van der Waals surface area contributed by atoms with Crippen LogP contribution in [0.25, 0.3) is 0 Å². The summed E-state index contributed by atoms with van der Waals surface area (Å²) >= 11 is 0. The van der Waals surface area contributed by atoms with Gasteiger partial charge in [-0.05, 0) is 36.8 Å². The largest absolute Gasteiger partial charge is 0.350 e. The topological polar surface area (TPSA) is 55.1 Å². The Kier molecular flexibility index (Phi) is 6.34. The first-order valence-corrected chi connectivity index (χ1v) is 7.53. The van der Waals surface area contributed by atoms with E-state index >= 15 is 0 Å². The molecular formula is C17H27FN2O.